The molecule has 0 aliphatic heterocycles. The first-order valence-corrected chi connectivity index (χ1v) is 10.6. The molecule has 3 aromatic rings. The first-order valence-electron chi connectivity index (χ1n) is 10.6. The molecule has 0 radical (unpaired) electrons. The molecule has 33 heavy (non-hydrogen) atoms. The third kappa shape index (κ3) is 4.17. The van der Waals surface area contributed by atoms with E-state index < -0.39 is 23.6 Å². The summed E-state index contributed by atoms with van der Waals surface area (Å²) in [4.78, 5) is 25.2. The molecule has 1 aliphatic carbocycles. The van der Waals surface area contributed by atoms with E-state index in [0.717, 1.165) is 22.7 Å². The molecule has 1 aliphatic rings. The fourth-order valence-electron chi connectivity index (χ4n) is 4.37. The minimum atomic E-state index is -4.66. The van der Waals surface area contributed by atoms with Crippen LogP contribution in [0.3, 0.4) is 0 Å². The van der Waals surface area contributed by atoms with E-state index >= 15 is 0 Å². The number of methoxy groups -OCH3 is 1. The summed E-state index contributed by atoms with van der Waals surface area (Å²) in [5, 5.41) is 4.52. The number of fused-ring (bicyclic) bond motifs is 1. The molecule has 0 saturated heterocycles. The second-order valence-corrected chi connectivity index (χ2v) is 8.40. The quantitative estimate of drug-likeness (QED) is 0.490. The Bertz CT molecular complexity index is 1230. The predicted molar refractivity (Wildman–Crippen MR) is 116 cm³/mol. The SMILES string of the molecule is COC(=O)c1ccc(-c2nn(C(=O)c3c(C)cccc3C(F)(F)F)c3c2CC(C)CC3)cc1. The van der Waals surface area contributed by atoms with E-state index in [2.05, 4.69) is 12.0 Å². The third-order valence-corrected chi connectivity index (χ3v) is 6.08. The highest BCUT2D eigenvalue weighted by molar-refractivity contribution is 5.99. The van der Waals surface area contributed by atoms with Crippen molar-refractivity contribution < 1.29 is 27.5 Å². The van der Waals surface area contributed by atoms with Gasteiger partial charge in [-0.05, 0) is 55.9 Å². The topological polar surface area (TPSA) is 61.2 Å². The van der Waals surface area contributed by atoms with Crippen LogP contribution in [0.15, 0.2) is 42.5 Å². The van der Waals surface area contributed by atoms with Gasteiger partial charge in [-0.3, -0.25) is 4.79 Å². The first kappa shape index (κ1) is 22.8. The highest BCUT2D eigenvalue weighted by Crippen LogP contribution is 2.37. The lowest BCUT2D eigenvalue weighted by Gasteiger charge is -2.20. The Morgan fingerprint density at radius 2 is 1.82 bits per heavy atom. The van der Waals surface area contributed by atoms with Crippen LogP contribution in [0, 0.1) is 12.8 Å². The molecule has 0 N–H and O–H groups in total. The van der Waals surface area contributed by atoms with E-state index in [0.29, 0.717) is 41.3 Å². The van der Waals surface area contributed by atoms with Gasteiger partial charge in [0.15, 0.2) is 0 Å². The van der Waals surface area contributed by atoms with Gasteiger partial charge in [0, 0.05) is 11.1 Å². The van der Waals surface area contributed by atoms with Crippen molar-refractivity contribution in [2.75, 3.05) is 7.11 Å². The van der Waals surface area contributed by atoms with E-state index in [1.54, 1.807) is 24.3 Å². The van der Waals surface area contributed by atoms with Crippen LogP contribution in [0.4, 0.5) is 13.2 Å². The predicted octanol–water partition coefficient (Wildman–Crippen LogP) is 5.48. The average Bonchev–Trinajstić information content (AvgIpc) is 3.16. The van der Waals surface area contributed by atoms with Crippen molar-refractivity contribution in [1.29, 1.82) is 0 Å². The maximum atomic E-state index is 13.7. The van der Waals surface area contributed by atoms with Gasteiger partial charge >= 0.3 is 12.1 Å². The Morgan fingerprint density at radius 3 is 2.45 bits per heavy atom. The molecule has 2 aromatic carbocycles. The van der Waals surface area contributed by atoms with Crippen LogP contribution in [0.2, 0.25) is 0 Å². The number of nitrogens with zero attached hydrogens (tertiary/aromatic N) is 2. The van der Waals surface area contributed by atoms with Crippen LogP contribution >= 0.6 is 0 Å². The van der Waals surface area contributed by atoms with Crippen molar-refractivity contribution >= 4 is 11.9 Å². The summed E-state index contributed by atoms with van der Waals surface area (Å²) in [6.45, 7) is 3.59. The molecular formula is C25H23F3N2O3. The Balaban J connectivity index is 1.85. The summed E-state index contributed by atoms with van der Waals surface area (Å²) in [6, 6.07) is 10.3. The zero-order valence-corrected chi connectivity index (χ0v) is 18.5. The molecule has 0 bridgehead atoms. The Hall–Kier alpha value is -3.42. The van der Waals surface area contributed by atoms with Crippen LogP contribution in [0.25, 0.3) is 11.3 Å². The molecule has 1 heterocycles. The van der Waals surface area contributed by atoms with Gasteiger partial charge < -0.3 is 4.74 Å². The first-order chi connectivity index (χ1) is 15.6. The van der Waals surface area contributed by atoms with Crippen LogP contribution < -0.4 is 0 Å². The van der Waals surface area contributed by atoms with Gasteiger partial charge in [-0.15, -0.1) is 0 Å². The summed E-state index contributed by atoms with van der Waals surface area (Å²) in [5.41, 5.74) is 1.98. The molecule has 1 aromatic heterocycles. The van der Waals surface area contributed by atoms with Gasteiger partial charge in [0.1, 0.15) is 0 Å². The second kappa shape index (κ2) is 8.50. The van der Waals surface area contributed by atoms with Crippen LogP contribution in [0.5, 0.6) is 0 Å². The van der Waals surface area contributed by atoms with Crippen molar-refractivity contribution in [2.24, 2.45) is 5.92 Å². The number of rotatable bonds is 3. The molecule has 4 rings (SSSR count). The highest BCUT2D eigenvalue weighted by Gasteiger charge is 2.37. The van der Waals surface area contributed by atoms with Gasteiger partial charge in [-0.2, -0.15) is 23.0 Å². The Morgan fingerprint density at radius 1 is 1.12 bits per heavy atom. The number of hydrogen-bond acceptors (Lipinski definition) is 4. The van der Waals surface area contributed by atoms with Crippen LogP contribution in [0.1, 0.15) is 56.4 Å². The molecule has 0 saturated carbocycles. The normalized spacial score (nSPS) is 15.8. The molecule has 1 atom stereocenters. The smallest absolute Gasteiger partial charge is 0.417 e. The van der Waals surface area contributed by atoms with Crippen LogP contribution in [-0.2, 0) is 23.8 Å². The summed E-state index contributed by atoms with van der Waals surface area (Å²) in [6.07, 6.45) is -2.64. The highest BCUT2D eigenvalue weighted by atomic mass is 19.4. The summed E-state index contributed by atoms with van der Waals surface area (Å²) in [5.74, 6) is -0.914. The van der Waals surface area contributed by atoms with E-state index in [-0.39, 0.29) is 11.1 Å². The second-order valence-electron chi connectivity index (χ2n) is 8.40. The Labute approximate surface area is 189 Å². The van der Waals surface area contributed by atoms with Gasteiger partial charge in [0.2, 0.25) is 0 Å². The maximum absolute atomic E-state index is 13.7. The van der Waals surface area contributed by atoms with Crippen molar-refractivity contribution in [2.45, 2.75) is 39.3 Å². The fourth-order valence-corrected chi connectivity index (χ4v) is 4.37. The monoisotopic (exact) mass is 456 g/mol. The fraction of sp³-hybridized carbons (Fsp3) is 0.320. The lowest BCUT2D eigenvalue weighted by atomic mass is 9.86. The largest absolute Gasteiger partial charge is 0.465 e. The number of aryl methyl sites for hydroxylation is 1. The number of esters is 1. The molecule has 0 fully saturated rings. The van der Waals surface area contributed by atoms with Gasteiger partial charge in [-0.1, -0.05) is 31.2 Å². The van der Waals surface area contributed by atoms with Crippen LogP contribution in [-0.4, -0.2) is 28.8 Å². The van der Waals surface area contributed by atoms with E-state index in [9.17, 15) is 22.8 Å². The number of carbonyl (C=O) groups is 2. The lowest BCUT2D eigenvalue weighted by molar-refractivity contribution is -0.138. The summed E-state index contributed by atoms with van der Waals surface area (Å²) >= 11 is 0. The van der Waals surface area contributed by atoms with Gasteiger partial charge in [0.25, 0.3) is 5.91 Å². The molecule has 0 amide bonds. The van der Waals surface area contributed by atoms with Crippen molar-refractivity contribution in [1.82, 2.24) is 9.78 Å². The molecular weight excluding hydrogens is 433 g/mol. The van der Waals surface area contributed by atoms with E-state index in [4.69, 9.17) is 4.74 Å². The number of aromatic nitrogens is 2. The van der Waals surface area contributed by atoms with E-state index in [1.165, 1.54) is 26.2 Å². The zero-order chi connectivity index (χ0) is 23.9. The number of carbonyl (C=O) groups excluding carboxylic acids is 2. The molecule has 1 unspecified atom stereocenters. The zero-order valence-electron chi connectivity index (χ0n) is 18.5. The average molecular weight is 456 g/mol. The third-order valence-electron chi connectivity index (χ3n) is 6.08. The number of halogens is 3. The minimum absolute atomic E-state index is 0.243. The molecule has 8 heteroatoms. The lowest BCUT2D eigenvalue weighted by Crippen LogP contribution is -2.24. The van der Waals surface area contributed by atoms with Crippen molar-refractivity contribution in [3.63, 3.8) is 0 Å². The number of alkyl halides is 3. The van der Waals surface area contributed by atoms with Crippen molar-refractivity contribution in [3.05, 3.63) is 76.0 Å². The number of ether oxygens (including phenoxy) is 1. The molecule has 0 spiro atoms. The maximum Gasteiger partial charge on any atom is 0.417 e. The minimum Gasteiger partial charge on any atom is -0.465 e. The molecule has 172 valence electrons. The summed E-state index contributed by atoms with van der Waals surface area (Å²) in [7, 11) is 1.29. The Kier molecular flexibility index (Phi) is 5.86. The number of benzene rings is 2. The van der Waals surface area contributed by atoms with Crippen molar-refractivity contribution in [3.8, 4) is 11.3 Å². The van der Waals surface area contributed by atoms with Gasteiger partial charge in [-0.25, -0.2) is 4.79 Å². The standard InChI is InChI=1S/C25H23F3N2O3/c1-14-7-12-20-18(13-14)22(16-8-10-17(11-9-16)24(32)33-3)29-30(20)23(31)21-15(2)5-4-6-19(21)25(26,27)28/h4-6,8-11,14H,7,12-13H2,1-3H3. The summed E-state index contributed by atoms with van der Waals surface area (Å²) < 4.78 is 46.9. The van der Waals surface area contributed by atoms with E-state index in [1.807, 2.05) is 0 Å². The number of hydrogen-bond donors (Lipinski definition) is 0. The van der Waals surface area contributed by atoms with Gasteiger partial charge in [0.05, 0.1) is 35.2 Å². The molecule has 5 nitrogen and oxygen atoms in total.